The van der Waals surface area contributed by atoms with Crippen LogP contribution in [0.5, 0.6) is 0 Å². The van der Waals surface area contributed by atoms with Crippen LogP contribution >= 0.6 is 0 Å². The molecule has 0 bridgehead atoms. The molecule has 1 N–H and O–H groups in total. The summed E-state index contributed by atoms with van der Waals surface area (Å²) in [5.41, 5.74) is 4.48. The molecule has 0 saturated carbocycles. The number of nitrogens with zero attached hydrogens (tertiary/aromatic N) is 3. The van der Waals surface area contributed by atoms with Gasteiger partial charge in [-0.3, -0.25) is 14.4 Å². The summed E-state index contributed by atoms with van der Waals surface area (Å²) in [4.78, 5) is 40.3. The second kappa shape index (κ2) is 9.02. The van der Waals surface area contributed by atoms with E-state index in [1.807, 2.05) is 19.1 Å². The molecule has 1 aromatic heterocycles. The molecule has 174 valence electrons. The third-order valence-corrected chi connectivity index (χ3v) is 6.23. The highest BCUT2D eigenvalue weighted by Crippen LogP contribution is 2.31. The van der Waals surface area contributed by atoms with E-state index in [4.69, 9.17) is 0 Å². The van der Waals surface area contributed by atoms with E-state index in [2.05, 4.69) is 41.6 Å². The maximum Gasteiger partial charge on any atom is 0.266 e. The highest BCUT2D eigenvalue weighted by Gasteiger charge is 2.37. The van der Waals surface area contributed by atoms with E-state index >= 15 is 0 Å². The van der Waals surface area contributed by atoms with E-state index in [1.165, 1.54) is 22.6 Å². The van der Waals surface area contributed by atoms with Crippen molar-refractivity contribution < 1.29 is 14.4 Å². The normalized spacial score (nSPS) is 12.7. The lowest BCUT2D eigenvalue weighted by Crippen LogP contribution is -2.29. The molecule has 0 radical (unpaired) electrons. The van der Waals surface area contributed by atoms with E-state index in [0.29, 0.717) is 18.1 Å². The van der Waals surface area contributed by atoms with Gasteiger partial charge in [0.1, 0.15) is 5.82 Å². The zero-order valence-corrected chi connectivity index (χ0v) is 19.5. The third kappa shape index (κ3) is 4.12. The maximum absolute atomic E-state index is 13.1. The van der Waals surface area contributed by atoms with Gasteiger partial charge in [0.15, 0.2) is 0 Å². The quantitative estimate of drug-likeness (QED) is 0.413. The van der Waals surface area contributed by atoms with Gasteiger partial charge >= 0.3 is 0 Å². The van der Waals surface area contributed by atoms with Gasteiger partial charge in [0.25, 0.3) is 17.7 Å². The number of rotatable bonds is 6. The van der Waals surface area contributed by atoms with Crippen molar-refractivity contribution in [3.63, 3.8) is 0 Å². The third-order valence-electron chi connectivity index (χ3n) is 6.23. The van der Waals surface area contributed by atoms with Crippen LogP contribution in [0.15, 0.2) is 79.0 Å². The Morgan fingerprint density at radius 3 is 2.34 bits per heavy atom. The van der Waals surface area contributed by atoms with Crippen LogP contribution in [0, 0.1) is 6.92 Å². The average molecular weight is 465 g/mol. The minimum Gasteiger partial charge on any atom is -0.307 e. The number of hydrogen-bond acceptors (Lipinski definition) is 4. The molecule has 7 heteroatoms. The molecule has 0 spiro atoms. The number of benzene rings is 3. The topological polar surface area (TPSA) is 84.3 Å². The second-order valence-corrected chi connectivity index (χ2v) is 8.49. The Hall–Kier alpha value is -4.52. The van der Waals surface area contributed by atoms with Crippen LogP contribution < -0.4 is 10.2 Å². The van der Waals surface area contributed by atoms with Crippen LogP contribution in [0.2, 0.25) is 0 Å². The first-order valence-corrected chi connectivity index (χ1v) is 11.5. The van der Waals surface area contributed by atoms with Crippen molar-refractivity contribution in [3.05, 3.63) is 112 Å². The molecule has 5 rings (SSSR count). The van der Waals surface area contributed by atoms with Crippen molar-refractivity contribution in [3.8, 4) is 0 Å². The molecule has 4 aromatic rings. The molecule has 0 aliphatic carbocycles. The molecule has 1 aliphatic rings. The van der Waals surface area contributed by atoms with Gasteiger partial charge in [-0.25, -0.2) is 9.58 Å². The Morgan fingerprint density at radius 1 is 0.886 bits per heavy atom. The lowest BCUT2D eigenvalue weighted by Gasteiger charge is -2.16. The van der Waals surface area contributed by atoms with Crippen molar-refractivity contribution >= 4 is 29.2 Å². The molecular formula is C28H24N4O3. The fraction of sp³-hybridized carbons (Fsp3) is 0.143. The smallest absolute Gasteiger partial charge is 0.266 e. The Bertz CT molecular complexity index is 1450. The average Bonchev–Trinajstić information content (AvgIpc) is 3.41. The van der Waals surface area contributed by atoms with Gasteiger partial charge in [-0.15, -0.1) is 0 Å². The number of aromatic nitrogens is 2. The summed E-state index contributed by atoms with van der Waals surface area (Å²) in [7, 11) is 0. The van der Waals surface area contributed by atoms with Gasteiger partial charge in [-0.05, 0) is 54.3 Å². The van der Waals surface area contributed by atoms with Crippen LogP contribution in [-0.2, 0) is 13.0 Å². The van der Waals surface area contributed by atoms with E-state index in [0.717, 1.165) is 17.5 Å². The summed E-state index contributed by atoms with van der Waals surface area (Å²) in [6.07, 6.45) is 2.60. The summed E-state index contributed by atoms with van der Waals surface area (Å²) in [5, 5.41) is 7.20. The second-order valence-electron chi connectivity index (χ2n) is 8.49. The highest BCUT2D eigenvalue weighted by molar-refractivity contribution is 6.35. The minimum atomic E-state index is -0.436. The number of carbonyl (C=O) groups excluding carboxylic acids is 3. The van der Waals surface area contributed by atoms with E-state index < -0.39 is 11.8 Å². The van der Waals surface area contributed by atoms with Crippen molar-refractivity contribution in [2.75, 3.05) is 10.2 Å². The van der Waals surface area contributed by atoms with Crippen LogP contribution in [0.3, 0.4) is 0 Å². The molecule has 0 atom stereocenters. The van der Waals surface area contributed by atoms with Crippen LogP contribution in [-0.4, -0.2) is 27.5 Å². The summed E-state index contributed by atoms with van der Waals surface area (Å²) >= 11 is 0. The number of aryl methyl sites for hydroxylation is 2. The maximum atomic E-state index is 13.1. The molecule has 3 amide bonds. The summed E-state index contributed by atoms with van der Waals surface area (Å²) in [6.45, 7) is 4.47. The lowest BCUT2D eigenvalue weighted by atomic mass is 10.1. The Morgan fingerprint density at radius 2 is 1.60 bits per heavy atom. The Kier molecular flexibility index (Phi) is 5.74. The minimum absolute atomic E-state index is 0.218. The van der Waals surface area contributed by atoms with Gasteiger partial charge in [0.2, 0.25) is 0 Å². The van der Waals surface area contributed by atoms with Gasteiger partial charge < -0.3 is 5.32 Å². The summed E-state index contributed by atoms with van der Waals surface area (Å²) < 4.78 is 1.71. The first-order chi connectivity index (χ1) is 17.0. The monoisotopic (exact) mass is 464 g/mol. The van der Waals surface area contributed by atoms with Crippen molar-refractivity contribution in [1.29, 1.82) is 0 Å². The van der Waals surface area contributed by atoms with Gasteiger partial charge in [0.05, 0.1) is 29.6 Å². The first kappa shape index (κ1) is 22.3. The van der Waals surface area contributed by atoms with Crippen LogP contribution in [0.4, 0.5) is 11.5 Å². The van der Waals surface area contributed by atoms with E-state index in [9.17, 15) is 14.4 Å². The number of hydrogen-bond donors (Lipinski definition) is 1. The lowest BCUT2D eigenvalue weighted by molar-refractivity contribution is 0.0925. The molecule has 35 heavy (non-hydrogen) atoms. The molecule has 0 fully saturated rings. The number of fused-ring (bicyclic) bond motifs is 1. The highest BCUT2D eigenvalue weighted by atomic mass is 16.2. The largest absolute Gasteiger partial charge is 0.307 e. The van der Waals surface area contributed by atoms with E-state index in [1.54, 1.807) is 35.1 Å². The number of carbonyl (C=O) groups is 3. The standard InChI is InChI=1S/C28H24N4O3/c1-3-19-8-10-20(11-9-19)17-31-25(14-15-29-31)30-26(33)21-12-13-22-23(16-21)28(35)32(27(22)34)24-7-5-4-6-18(24)2/h4-16H,3,17H2,1-2H3,(H,30,33). The van der Waals surface area contributed by atoms with Gasteiger partial charge in [0, 0.05) is 11.6 Å². The summed E-state index contributed by atoms with van der Waals surface area (Å²) in [5.74, 6) is -0.669. The number of nitrogens with one attached hydrogen (secondary N) is 1. The van der Waals surface area contributed by atoms with Gasteiger partial charge in [-0.1, -0.05) is 49.4 Å². The number of amides is 3. The van der Waals surface area contributed by atoms with E-state index in [-0.39, 0.29) is 22.6 Å². The molecule has 0 saturated heterocycles. The predicted octanol–water partition coefficient (Wildman–Crippen LogP) is 4.86. The SMILES string of the molecule is CCc1ccc(Cn2nccc2NC(=O)c2ccc3c(c2)C(=O)N(c2ccccc2C)C3=O)cc1. The number of imide groups is 1. The molecule has 2 heterocycles. The Labute approximate surface area is 203 Å². The molecular weight excluding hydrogens is 440 g/mol. The van der Waals surface area contributed by atoms with Crippen molar-refractivity contribution in [2.24, 2.45) is 0 Å². The van der Waals surface area contributed by atoms with Crippen molar-refractivity contribution in [2.45, 2.75) is 26.8 Å². The zero-order valence-electron chi connectivity index (χ0n) is 19.5. The number of anilines is 2. The first-order valence-electron chi connectivity index (χ1n) is 11.5. The molecule has 3 aromatic carbocycles. The fourth-order valence-electron chi connectivity index (χ4n) is 4.22. The van der Waals surface area contributed by atoms with Gasteiger partial charge in [-0.2, -0.15) is 5.10 Å². The summed E-state index contributed by atoms with van der Waals surface area (Å²) in [6, 6.07) is 21.8. The van der Waals surface area contributed by atoms with Crippen LogP contribution in [0.1, 0.15) is 54.7 Å². The van der Waals surface area contributed by atoms with Crippen molar-refractivity contribution in [1.82, 2.24) is 9.78 Å². The number of para-hydroxylation sites is 1. The molecule has 7 nitrogen and oxygen atoms in total. The fourth-order valence-corrected chi connectivity index (χ4v) is 4.22. The Balaban J connectivity index is 1.36. The van der Waals surface area contributed by atoms with Crippen LogP contribution in [0.25, 0.3) is 0 Å². The zero-order chi connectivity index (χ0) is 24.5. The predicted molar refractivity (Wildman–Crippen MR) is 134 cm³/mol. The molecule has 1 aliphatic heterocycles. The molecule has 0 unspecified atom stereocenters.